The molecule has 0 radical (unpaired) electrons. The molecule has 0 amide bonds. The van der Waals surface area contributed by atoms with Crippen molar-refractivity contribution in [2.45, 2.75) is 38.4 Å². The highest BCUT2D eigenvalue weighted by Gasteiger charge is 2.28. The molecule has 0 saturated carbocycles. The zero-order valence-electron chi connectivity index (χ0n) is 12.1. The van der Waals surface area contributed by atoms with Crippen molar-refractivity contribution in [3.05, 3.63) is 70.8 Å². The molecule has 0 aliphatic heterocycles. The van der Waals surface area contributed by atoms with Crippen molar-refractivity contribution in [2.75, 3.05) is 0 Å². The van der Waals surface area contributed by atoms with E-state index >= 15 is 0 Å². The molecule has 0 spiro atoms. The Morgan fingerprint density at radius 1 is 1.05 bits per heavy atom. The fraction of sp³-hybridized carbons (Fsp3) is 0.333. The summed E-state index contributed by atoms with van der Waals surface area (Å²) in [5.74, 6) is 0. The van der Waals surface area contributed by atoms with Gasteiger partial charge in [-0.2, -0.15) is 0 Å². The molecule has 0 heterocycles. The molecule has 0 bridgehead atoms. The number of benzene rings is 2. The van der Waals surface area contributed by atoms with Crippen LogP contribution in [0.25, 0.3) is 0 Å². The van der Waals surface area contributed by atoms with Crippen LogP contribution in [0.1, 0.15) is 53.7 Å². The van der Waals surface area contributed by atoms with Gasteiger partial charge in [0, 0.05) is 18.1 Å². The van der Waals surface area contributed by atoms with Gasteiger partial charge in [-0.05, 0) is 37.0 Å². The Bertz CT molecular complexity index is 589. The summed E-state index contributed by atoms with van der Waals surface area (Å²) in [5, 5.41) is 3.72. The minimum atomic E-state index is 0.161. The van der Waals surface area contributed by atoms with E-state index in [1.165, 1.54) is 22.3 Å². The van der Waals surface area contributed by atoms with Gasteiger partial charge in [-0.15, -0.1) is 0 Å². The van der Waals surface area contributed by atoms with Crippen LogP contribution in [0, 0.1) is 6.92 Å². The average molecular weight is 266 g/mol. The lowest BCUT2D eigenvalue weighted by atomic mass is 10.0. The molecule has 3 atom stereocenters. The van der Waals surface area contributed by atoms with Crippen LogP contribution >= 0.6 is 0 Å². The van der Waals surface area contributed by atoms with Crippen molar-refractivity contribution in [3.63, 3.8) is 0 Å². The molecule has 0 fully saturated rings. The molecule has 1 aliphatic rings. The zero-order chi connectivity index (χ0) is 14.1. The lowest BCUT2D eigenvalue weighted by molar-refractivity contribution is 0.446. The third-order valence-electron chi connectivity index (χ3n) is 4.29. The minimum Gasteiger partial charge on any atom is -0.324 e. The van der Waals surface area contributed by atoms with Crippen molar-refractivity contribution in [1.82, 2.24) is 5.32 Å². The van der Waals surface area contributed by atoms with Gasteiger partial charge in [-0.3, -0.25) is 0 Å². The van der Waals surface area contributed by atoms with Crippen LogP contribution in [-0.4, -0.2) is 0 Å². The Hall–Kier alpha value is -1.64. The fourth-order valence-corrected chi connectivity index (χ4v) is 3.08. The summed E-state index contributed by atoms with van der Waals surface area (Å²) >= 11 is 0. The van der Waals surface area contributed by atoms with E-state index in [1.807, 2.05) is 0 Å². The molecule has 0 aromatic heterocycles. The van der Waals surface area contributed by atoms with Crippen molar-refractivity contribution in [1.29, 1.82) is 0 Å². The van der Waals surface area contributed by atoms with Crippen LogP contribution in [0.15, 0.2) is 48.5 Å². The van der Waals surface area contributed by atoms with E-state index in [1.54, 1.807) is 0 Å². The second kappa shape index (κ2) is 5.39. The molecule has 3 N–H and O–H groups in total. The van der Waals surface area contributed by atoms with Crippen LogP contribution < -0.4 is 11.1 Å². The van der Waals surface area contributed by atoms with Gasteiger partial charge in [0.15, 0.2) is 0 Å². The van der Waals surface area contributed by atoms with Gasteiger partial charge in [0.25, 0.3) is 0 Å². The summed E-state index contributed by atoms with van der Waals surface area (Å²) in [6.07, 6.45) is 0.982. The number of nitrogens with one attached hydrogen (secondary N) is 1. The van der Waals surface area contributed by atoms with Crippen LogP contribution in [0.3, 0.4) is 0 Å². The van der Waals surface area contributed by atoms with E-state index in [-0.39, 0.29) is 6.04 Å². The molecule has 20 heavy (non-hydrogen) atoms. The Balaban J connectivity index is 1.77. The van der Waals surface area contributed by atoms with E-state index in [2.05, 4.69) is 67.7 Å². The minimum absolute atomic E-state index is 0.161. The van der Waals surface area contributed by atoms with Crippen LogP contribution in [0.5, 0.6) is 0 Å². The predicted octanol–water partition coefficient (Wildman–Crippen LogP) is 3.79. The number of hydrogen-bond donors (Lipinski definition) is 2. The molecule has 2 heteroatoms. The van der Waals surface area contributed by atoms with E-state index in [0.29, 0.717) is 12.1 Å². The first kappa shape index (κ1) is 13.3. The van der Waals surface area contributed by atoms with Crippen LogP contribution in [0.2, 0.25) is 0 Å². The van der Waals surface area contributed by atoms with Crippen molar-refractivity contribution in [2.24, 2.45) is 5.73 Å². The number of aryl methyl sites for hydroxylation is 1. The standard InChI is InChI=1S/C18H22N2/c1-12-7-9-14(10-8-12)13(2)20-18-11-17(19)15-5-3-4-6-16(15)18/h3-10,13,17-18,20H,11,19H2,1-2H3. The molecule has 3 unspecified atom stereocenters. The van der Waals surface area contributed by atoms with Gasteiger partial charge in [-0.1, -0.05) is 54.1 Å². The lowest BCUT2D eigenvalue weighted by Gasteiger charge is -2.21. The molecule has 104 valence electrons. The highest BCUT2D eigenvalue weighted by atomic mass is 15.0. The van der Waals surface area contributed by atoms with Crippen LogP contribution in [-0.2, 0) is 0 Å². The summed E-state index contributed by atoms with van der Waals surface area (Å²) in [6, 6.07) is 18.1. The van der Waals surface area contributed by atoms with E-state index in [9.17, 15) is 0 Å². The number of fused-ring (bicyclic) bond motifs is 1. The maximum absolute atomic E-state index is 6.23. The monoisotopic (exact) mass is 266 g/mol. The Morgan fingerprint density at radius 2 is 1.70 bits per heavy atom. The first-order valence-electron chi connectivity index (χ1n) is 7.32. The van der Waals surface area contributed by atoms with Crippen molar-refractivity contribution >= 4 is 0 Å². The number of nitrogens with two attached hydrogens (primary N) is 1. The SMILES string of the molecule is Cc1ccc(C(C)NC2CC(N)c3ccccc32)cc1. The molecule has 3 rings (SSSR count). The van der Waals surface area contributed by atoms with Gasteiger partial charge in [0.2, 0.25) is 0 Å². The second-order valence-corrected chi connectivity index (χ2v) is 5.82. The molecule has 2 aromatic rings. The molecular weight excluding hydrogens is 244 g/mol. The summed E-state index contributed by atoms with van der Waals surface area (Å²) in [6.45, 7) is 4.34. The molecule has 1 aliphatic carbocycles. The van der Waals surface area contributed by atoms with E-state index in [0.717, 1.165) is 6.42 Å². The predicted molar refractivity (Wildman–Crippen MR) is 83.5 cm³/mol. The summed E-state index contributed by atoms with van der Waals surface area (Å²) in [5.41, 5.74) is 11.5. The molecule has 2 nitrogen and oxygen atoms in total. The van der Waals surface area contributed by atoms with E-state index in [4.69, 9.17) is 5.73 Å². The maximum atomic E-state index is 6.23. The van der Waals surface area contributed by atoms with Crippen molar-refractivity contribution in [3.8, 4) is 0 Å². The van der Waals surface area contributed by atoms with Gasteiger partial charge >= 0.3 is 0 Å². The second-order valence-electron chi connectivity index (χ2n) is 5.82. The van der Waals surface area contributed by atoms with Gasteiger partial charge in [-0.25, -0.2) is 0 Å². The van der Waals surface area contributed by atoms with Crippen molar-refractivity contribution < 1.29 is 0 Å². The highest BCUT2D eigenvalue weighted by Crippen LogP contribution is 2.38. The third kappa shape index (κ3) is 2.49. The Labute approximate surface area is 121 Å². The molecular formula is C18H22N2. The summed E-state index contributed by atoms with van der Waals surface area (Å²) in [7, 11) is 0. The zero-order valence-corrected chi connectivity index (χ0v) is 12.1. The quantitative estimate of drug-likeness (QED) is 0.887. The summed E-state index contributed by atoms with van der Waals surface area (Å²) in [4.78, 5) is 0. The topological polar surface area (TPSA) is 38.0 Å². The van der Waals surface area contributed by atoms with Gasteiger partial charge < -0.3 is 11.1 Å². The molecule has 2 aromatic carbocycles. The fourth-order valence-electron chi connectivity index (χ4n) is 3.08. The van der Waals surface area contributed by atoms with E-state index < -0.39 is 0 Å². The molecule has 0 saturated heterocycles. The number of hydrogen-bond acceptors (Lipinski definition) is 2. The third-order valence-corrected chi connectivity index (χ3v) is 4.29. The van der Waals surface area contributed by atoms with Gasteiger partial charge in [0.05, 0.1) is 0 Å². The normalized spacial score (nSPS) is 22.6. The van der Waals surface area contributed by atoms with Crippen LogP contribution in [0.4, 0.5) is 0 Å². The highest BCUT2D eigenvalue weighted by molar-refractivity contribution is 5.37. The Morgan fingerprint density at radius 3 is 2.40 bits per heavy atom. The largest absolute Gasteiger partial charge is 0.324 e. The first-order chi connectivity index (χ1) is 9.65. The Kier molecular flexibility index (Phi) is 3.60. The average Bonchev–Trinajstić information content (AvgIpc) is 2.77. The first-order valence-corrected chi connectivity index (χ1v) is 7.32. The smallest absolute Gasteiger partial charge is 0.0347 e. The number of rotatable bonds is 3. The van der Waals surface area contributed by atoms with Gasteiger partial charge in [0.1, 0.15) is 0 Å². The lowest BCUT2D eigenvalue weighted by Crippen LogP contribution is -2.23. The maximum Gasteiger partial charge on any atom is 0.0347 e. The summed E-state index contributed by atoms with van der Waals surface area (Å²) < 4.78 is 0.